The Balaban J connectivity index is 1.73. The fourth-order valence-corrected chi connectivity index (χ4v) is 2.03. The van der Waals surface area contributed by atoms with Gasteiger partial charge >= 0.3 is 5.97 Å². The molecule has 1 atom stereocenters. The van der Waals surface area contributed by atoms with Crippen LogP contribution in [0.25, 0.3) is 6.08 Å². The lowest BCUT2D eigenvalue weighted by molar-refractivity contribution is -0.144. The van der Waals surface area contributed by atoms with Gasteiger partial charge in [0.15, 0.2) is 6.61 Å². The number of hydrogen-bond acceptors (Lipinski definition) is 4. The topological polar surface area (TPSA) is 79.2 Å². The van der Waals surface area contributed by atoms with Crippen molar-refractivity contribution in [2.24, 2.45) is 5.92 Å². The Morgan fingerprint density at radius 1 is 1.41 bits per heavy atom. The number of carbonyl (C=O) groups excluding carboxylic acids is 2. The summed E-state index contributed by atoms with van der Waals surface area (Å²) in [6.07, 6.45) is 5.14. The largest absolute Gasteiger partial charge is 0.452 e. The van der Waals surface area contributed by atoms with E-state index >= 15 is 0 Å². The van der Waals surface area contributed by atoms with Crippen LogP contribution in [0.4, 0.5) is 0 Å². The Morgan fingerprint density at radius 2 is 2.09 bits per heavy atom. The summed E-state index contributed by atoms with van der Waals surface area (Å²) in [6, 6.07) is 8.94. The molecule has 2 rings (SSSR count). The number of carbonyl (C=O) groups is 2. The molecule has 0 bridgehead atoms. The Hall–Kier alpha value is -2.61. The Labute approximate surface area is 129 Å². The van der Waals surface area contributed by atoms with Gasteiger partial charge in [-0.2, -0.15) is 5.26 Å². The predicted octanol–water partition coefficient (Wildman–Crippen LogP) is 2.03. The number of rotatable bonds is 6. The zero-order chi connectivity index (χ0) is 15.9. The molecule has 0 aromatic heterocycles. The SMILES string of the molecule is C[C@@H](NC(=O)COC(=O)/C=C/c1ccc(C#N)cc1)C1CC1. The van der Waals surface area contributed by atoms with E-state index in [0.717, 1.165) is 18.4 Å². The van der Waals surface area contributed by atoms with Crippen molar-refractivity contribution in [2.45, 2.75) is 25.8 Å². The molecule has 1 amide bonds. The first-order chi connectivity index (χ1) is 10.6. The van der Waals surface area contributed by atoms with Crippen LogP contribution in [0.15, 0.2) is 30.3 Å². The standard InChI is InChI=1S/C17H18N2O3/c1-12(15-7-8-15)19-16(20)11-22-17(21)9-6-13-2-4-14(10-18)5-3-13/h2-6,9,12,15H,7-8,11H2,1H3,(H,19,20)/b9-6+/t12-/m1/s1. The molecule has 1 aromatic rings. The molecule has 1 aliphatic rings. The molecule has 0 heterocycles. The maximum Gasteiger partial charge on any atom is 0.331 e. The van der Waals surface area contributed by atoms with Gasteiger partial charge in [0.2, 0.25) is 0 Å². The third-order valence-electron chi connectivity index (χ3n) is 3.51. The fourth-order valence-electron chi connectivity index (χ4n) is 2.03. The summed E-state index contributed by atoms with van der Waals surface area (Å²) in [5.74, 6) is -0.283. The van der Waals surface area contributed by atoms with Crippen molar-refractivity contribution in [3.63, 3.8) is 0 Å². The molecule has 0 spiro atoms. The summed E-state index contributed by atoms with van der Waals surface area (Å²) in [7, 11) is 0. The van der Waals surface area contributed by atoms with E-state index in [9.17, 15) is 9.59 Å². The molecule has 1 aromatic carbocycles. The maximum absolute atomic E-state index is 11.6. The van der Waals surface area contributed by atoms with Gasteiger partial charge < -0.3 is 10.1 Å². The van der Waals surface area contributed by atoms with Crippen LogP contribution in [0.2, 0.25) is 0 Å². The lowest BCUT2D eigenvalue weighted by atomic mass is 10.1. The Kier molecular flexibility index (Phi) is 5.31. The van der Waals surface area contributed by atoms with Crippen molar-refractivity contribution in [3.05, 3.63) is 41.5 Å². The van der Waals surface area contributed by atoms with Crippen LogP contribution in [-0.2, 0) is 14.3 Å². The van der Waals surface area contributed by atoms with Crippen molar-refractivity contribution >= 4 is 18.0 Å². The third kappa shape index (κ3) is 5.06. The number of hydrogen-bond donors (Lipinski definition) is 1. The van der Waals surface area contributed by atoms with Gasteiger partial charge in [0.05, 0.1) is 11.6 Å². The molecule has 114 valence electrons. The van der Waals surface area contributed by atoms with E-state index in [-0.39, 0.29) is 18.6 Å². The van der Waals surface area contributed by atoms with Gasteiger partial charge in [-0.1, -0.05) is 12.1 Å². The second kappa shape index (κ2) is 7.41. The highest BCUT2D eigenvalue weighted by Crippen LogP contribution is 2.32. The quantitative estimate of drug-likeness (QED) is 0.644. The van der Waals surface area contributed by atoms with Crippen LogP contribution < -0.4 is 5.32 Å². The number of ether oxygens (including phenoxy) is 1. The molecular formula is C17H18N2O3. The van der Waals surface area contributed by atoms with Gasteiger partial charge in [0, 0.05) is 12.1 Å². The van der Waals surface area contributed by atoms with Gasteiger partial charge in [0.25, 0.3) is 5.91 Å². The van der Waals surface area contributed by atoms with Crippen LogP contribution >= 0.6 is 0 Å². The highest BCUT2D eigenvalue weighted by molar-refractivity contribution is 5.89. The first kappa shape index (κ1) is 15.8. The molecule has 5 heteroatoms. The lowest BCUT2D eigenvalue weighted by Crippen LogP contribution is -2.36. The van der Waals surface area contributed by atoms with Crippen LogP contribution in [0.5, 0.6) is 0 Å². The Bertz CT molecular complexity index is 610. The van der Waals surface area contributed by atoms with Gasteiger partial charge in [-0.05, 0) is 49.5 Å². The molecule has 1 N–H and O–H groups in total. The predicted molar refractivity (Wildman–Crippen MR) is 81.5 cm³/mol. The second-order valence-corrected chi connectivity index (χ2v) is 5.37. The number of benzene rings is 1. The first-order valence-electron chi connectivity index (χ1n) is 7.23. The van der Waals surface area contributed by atoms with E-state index in [4.69, 9.17) is 10.00 Å². The minimum absolute atomic E-state index is 0.139. The van der Waals surface area contributed by atoms with Gasteiger partial charge in [-0.25, -0.2) is 4.79 Å². The normalized spacial score (nSPS) is 15.1. The third-order valence-corrected chi connectivity index (χ3v) is 3.51. The van der Waals surface area contributed by atoms with E-state index in [1.807, 2.05) is 13.0 Å². The highest BCUT2D eigenvalue weighted by atomic mass is 16.5. The molecule has 5 nitrogen and oxygen atoms in total. The molecule has 1 saturated carbocycles. The van der Waals surface area contributed by atoms with E-state index < -0.39 is 5.97 Å². The van der Waals surface area contributed by atoms with Crippen molar-refractivity contribution in [3.8, 4) is 6.07 Å². The van der Waals surface area contributed by atoms with Crippen LogP contribution in [0.3, 0.4) is 0 Å². The van der Waals surface area contributed by atoms with Crippen LogP contribution in [-0.4, -0.2) is 24.5 Å². The molecule has 0 radical (unpaired) electrons. The number of esters is 1. The zero-order valence-electron chi connectivity index (χ0n) is 12.4. The molecule has 0 unspecified atom stereocenters. The number of amides is 1. The first-order valence-corrected chi connectivity index (χ1v) is 7.23. The van der Waals surface area contributed by atoms with Crippen molar-refractivity contribution < 1.29 is 14.3 Å². The van der Waals surface area contributed by atoms with Crippen LogP contribution in [0, 0.1) is 17.2 Å². The summed E-state index contributed by atoms with van der Waals surface area (Å²) >= 11 is 0. The van der Waals surface area contributed by atoms with Crippen molar-refractivity contribution in [2.75, 3.05) is 6.61 Å². The van der Waals surface area contributed by atoms with E-state index in [0.29, 0.717) is 11.5 Å². The zero-order valence-corrected chi connectivity index (χ0v) is 12.4. The number of nitrogens with one attached hydrogen (secondary N) is 1. The number of nitrogens with zero attached hydrogens (tertiary/aromatic N) is 1. The van der Waals surface area contributed by atoms with Crippen molar-refractivity contribution in [1.82, 2.24) is 5.32 Å². The average Bonchev–Trinajstić information content (AvgIpc) is 3.36. The molecule has 22 heavy (non-hydrogen) atoms. The minimum atomic E-state index is -0.571. The smallest absolute Gasteiger partial charge is 0.331 e. The van der Waals surface area contributed by atoms with E-state index in [1.165, 1.54) is 6.08 Å². The van der Waals surface area contributed by atoms with Gasteiger partial charge in [-0.3, -0.25) is 4.79 Å². The van der Waals surface area contributed by atoms with Crippen LogP contribution in [0.1, 0.15) is 30.9 Å². The molecule has 0 saturated heterocycles. The molecule has 1 fully saturated rings. The van der Waals surface area contributed by atoms with E-state index in [1.54, 1.807) is 30.3 Å². The van der Waals surface area contributed by atoms with Gasteiger partial charge in [0.1, 0.15) is 0 Å². The van der Waals surface area contributed by atoms with Gasteiger partial charge in [-0.15, -0.1) is 0 Å². The molecule has 1 aliphatic carbocycles. The summed E-state index contributed by atoms with van der Waals surface area (Å²) in [5, 5.41) is 11.5. The monoisotopic (exact) mass is 298 g/mol. The average molecular weight is 298 g/mol. The summed E-state index contributed by atoms with van der Waals surface area (Å²) in [4.78, 5) is 23.1. The highest BCUT2D eigenvalue weighted by Gasteiger charge is 2.28. The Morgan fingerprint density at radius 3 is 2.68 bits per heavy atom. The summed E-state index contributed by atoms with van der Waals surface area (Å²) in [6.45, 7) is 1.69. The molecule has 0 aliphatic heterocycles. The summed E-state index contributed by atoms with van der Waals surface area (Å²) in [5.41, 5.74) is 1.34. The second-order valence-electron chi connectivity index (χ2n) is 5.37. The summed E-state index contributed by atoms with van der Waals surface area (Å²) < 4.78 is 4.88. The number of nitriles is 1. The fraction of sp³-hybridized carbons (Fsp3) is 0.353. The lowest BCUT2D eigenvalue weighted by Gasteiger charge is -2.12. The van der Waals surface area contributed by atoms with Crippen molar-refractivity contribution in [1.29, 1.82) is 5.26 Å². The maximum atomic E-state index is 11.6. The minimum Gasteiger partial charge on any atom is -0.452 e. The molecular weight excluding hydrogens is 280 g/mol. The van der Waals surface area contributed by atoms with E-state index in [2.05, 4.69) is 5.32 Å².